The summed E-state index contributed by atoms with van der Waals surface area (Å²) in [5.41, 5.74) is 6.17. The first kappa shape index (κ1) is 26.1. The normalized spacial score (nSPS) is 10.3. The van der Waals surface area contributed by atoms with Gasteiger partial charge in [-0.2, -0.15) is 0 Å². The summed E-state index contributed by atoms with van der Waals surface area (Å²) in [5, 5.41) is 6.05. The second kappa shape index (κ2) is 11.9. The van der Waals surface area contributed by atoms with E-state index in [1.54, 1.807) is 36.4 Å². The molecule has 0 fully saturated rings. The van der Waals surface area contributed by atoms with E-state index in [1.807, 2.05) is 13.8 Å². The molecule has 0 atom stereocenters. The molecule has 2 rings (SSSR count). The number of anilines is 2. The standard InChI is InChI=1S/C19H23ClN4O2.2ClH/c1-3-19(4-2,12-21)18(26)23-15-7-5-6-13(10-15)17(25)24-16-9-8-14(20)11-22-16;;/h5-11H,3-4,12,21H2,1-2H3,(H,23,26)(H,22,24,25);2*1H. The third-order valence-electron chi connectivity index (χ3n) is 4.58. The van der Waals surface area contributed by atoms with Crippen LogP contribution >= 0.6 is 36.4 Å². The molecule has 2 amide bonds. The predicted octanol–water partition coefficient (Wildman–Crippen LogP) is 4.53. The molecule has 0 aliphatic heterocycles. The van der Waals surface area contributed by atoms with Crippen molar-refractivity contribution in [3.8, 4) is 0 Å². The molecule has 0 unspecified atom stereocenters. The van der Waals surface area contributed by atoms with Crippen molar-refractivity contribution in [2.24, 2.45) is 11.1 Å². The summed E-state index contributed by atoms with van der Waals surface area (Å²) < 4.78 is 0. The minimum atomic E-state index is -0.606. The molecule has 0 bridgehead atoms. The van der Waals surface area contributed by atoms with Crippen molar-refractivity contribution in [3.05, 3.63) is 53.2 Å². The van der Waals surface area contributed by atoms with Crippen LogP contribution < -0.4 is 16.4 Å². The van der Waals surface area contributed by atoms with Gasteiger partial charge in [0.25, 0.3) is 5.91 Å². The lowest BCUT2D eigenvalue weighted by Crippen LogP contribution is -2.41. The van der Waals surface area contributed by atoms with Crippen LogP contribution in [-0.2, 0) is 4.79 Å². The van der Waals surface area contributed by atoms with E-state index in [0.29, 0.717) is 34.9 Å². The smallest absolute Gasteiger partial charge is 0.256 e. The number of carbonyl (C=O) groups is 2. The lowest BCUT2D eigenvalue weighted by molar-refractivity contribution is -0.125. The zero-order chi connectivity index (χ0) is 19.2. The largest absolute Gasteiger partial charge is 0.329 e. The fraction of sp³-hybridized carbons (Fsp3) is 0.316. The number of pyridine rings is 1. The number of benzene rings is 1. The number of nitrogens with one attached hydrogen (secondary N) is 2. The summed E-state index contributed by atoms with van der Waals surface area (Å²) in [7, 11) is 0. The first-order valence-corrected chi connectivity index (χ1v) is 8.86. The van der Waals surface area contributed by atoms with E-state index >= 15 is 0 Å². The number of amides is 2. The molecule has 1 aromatic heterocycles. The van der Waals surface area contributed by atoms with Gasteiger partial charge in [0.1, 0.15) is 5.82 Å². The van der Waals surface area contributed by atoms with Crippen molar-refractivity contribution in [2.45, 2.75) is 26.7 Å². The highest BCUT2D eigenvalue weighted by Crippen LogP contribution is 2.27. The lowest BCUT2D eigenvalue weighted by atomic mass is 9.81. The Bertz CT molecular complexity index is 773. The summed E-state index contributed by atoms with van der Waals surface area (Å²) >= 11 is 5.78. The Morgan fingerprint density at radius 3 is 2.32 bits per heavy atom. The third-order valence-corrected chi connectivity index (χ3v) is 4.80. The van der Waals surface area contributed by atoms with Gasteiger partial charge in [0, 0.05) is 24.0 Å². The second-order valence-electron chi connectivity index (χ2n) is 6.04. The number of hydrogen-bond acceptors (Lipinski definition) is 4. The van der Waals surface area contributed by atoms with E-state index < -0.39 is 5.41 Å². The highest BCUT2D eigenvalue weighted by Gasteiger charge is 2.33. The second-order valence-corrected chi connectivity index (χ2v) is 6.48. The zero-order valence-corrected chi connectivity index (χ0v) is 18.1. The first-order valence-electron chi connectivity index (χ1n) is 8.48. The Balaban J connectivity index is 0.00000364. The molecule has 4 N–H and O–H groups in total. The van der Waals surface area contributed by atoms with Crippen LogP contribution in [0.1, 0.15) is 37.0 Å². The zero-order valence-electron chi connectivity index (χ0n) is 15.7. The lowest BCUT2D eigenvalue weighted by Gasteiger charge is -2.28. The average molecular weight is 448 g/mol. The van der Waals surface area contributed by atoms with Crippen LogP contribution in [-0.4, -0.2) is 23.3 Å². The summed E-state index contributed by atoms with van der Waals surface area (Å²) in [5.74, 6) is -0.0677. The highest BCUT2D eigenvalue weighted by molar-refractivity contribution is 6.30. The van der Waals surface area contributed by atoms with Crippen LogP contribution in [0.2, 0.25) is 5.02 Å². The van der Waals surface area contributed by atoms with E-state index in [1.165, 1.54) is 6.20 Å². The van der Waals surface area contributed by atoms with E-state index in [2.05, 4.69) is 15.6 Å². The third kappa shape index (κ3) is 6.34. The van der Waals surface area contributed by atoms with Crippen molar-refractivity contribution >= 4 is 59.7 Å². The maximum atomic E-state index is 12.6. The molecular weight excluding hydrogens is 423 g/mol. The van der Waals surface area contributed by atoms with Gasteiger partial charge < -0.3 is 16.4 Å². The molecule has 2 aromatic rings. The first-order chi connectivity index (χ1) is 12.4. The fourth-order valence-electron chi connectivity index (χ4n) is 2.59. The van der Waals surface area contributed by atoms with E-state index in [0.717, 1.165) is 0 Å². The van der Waals surface area contributed by atoms with Crippen LogP contribution in [0.4, 0.5) is 11.5 Å². The van der Waals surface area contributed by atoms with Crippen LogP contribution in [0.15, 0.2) is 42.6 Å². The molecule has 28 heavy (non-hydrogen) atoms. The minimum Gasteiger partial charge on any atom is -0.329 e. The van der Waals surface area contributed by atoms with Crippen LogP contribution in [0.5, 0.6) is 0 Å². The maximum Gasteiger partial charge on any atom is 0.256 e. The van der Waals surface area contributed by atoms with Crippen molar-refractivity contribution in [1.29, 1.82) is 0 Å². The summed E-state index contributed by atoms with van der Waals surface area (Å²) in [6, 6.07) is 9.99. The Morgan fingerprint density at radius 2 is 1.79 bits per heavy atom. The van der Waals surface area contributed by atoms with E-state index in [4.69, 9.17) is 17.3 Å². The van der Waals surface area contributed by atoms with Gasteiger partial charge in [-0.05, 0) is 43.2 Å². The molecule has 9 heteroatoms. The van der Waals surface area contributed by atoms with Crippen molar-refractivity contribution in [3.63, 3.8) is 0 Å². The highest BCUT2D eigenvalue weighted by atomic mass is 35.5. The fourth-order valence-corrected chi connectivity index (χ4v) is 2.70. The van der Waals surface area contributed by atoms with Gasteiger partial charge in [0.05, 0.1) is 10.4 Å². The number of hydrogen-bond donors (Lipinski definition) is 3. The Morgan fingerprint density at radius 1 is 1.11 bits per heavy atom. The number of halogens is 3. The molecule has 0 aliphatic carbocycles. The monoisotopic (exact) mass is 446 g/mol. The van der Waals surface area contributed by atoms with Gasteiger partial charge in [0.2, 0.25) is 5.91 Å². The number of nitrogens with zero attached hydrogens (tertiary/aromatic N) is 1. The van der Waals surface area contributed by atoms with Crippen molar-refractivity contribution in [2.75, 3.05) is 17.2 Å². The summed E-state index contributed by atoms with van der Waals surface area (Å²) in [4.78, 5) is 29.0. The summed E-state index contributed by atoms with van der Waals surface area (Å²) in [6.07, 6.45) is 2.75. The molecule has 0 saturated heterocycles. The minimum absolute atomic E-state index is 0. The number of nitrogens with two attached hydrogens (primary N) is 1. The van der Waals surface area contributed by atoms with Gasteiger partial charge in [-0.15, -0.1) is 24.8 Å². The molecule has 1 aromatic carbocycles. The number of aromatic nitrogens is 1. The van der Waals surface area contributed by atoms with Crippen LogP contribution in [0.25, 0.3) is 0 Å². The Labute approximate surface area is 182 Å². The summed E-state index contributed by atoms with van der Waals surface area (Å²) in [6.45, 7) is 4.16. The molecule has 1 heterocycles. The average Bonchev–Trinajstić information content (AvgIpc) is 2.66. The van der Waals surface area contributed by atoms with Gasteiger partial charge in [-0.25, -0.2) is 4.98 Å². The molecular formula is C19H25Cl3N4O2. The van der Waals surface area contributed by atoms with Crippen molar-refractivity contribution in [1.82, 2.24) is 4.98 Å². The Hall–Kier alpha value is -1.86. The molecule has 6 nitrogen and oxygen atoms in total. The molecule has 0 radical (unpaired) electrons. The van der Waals surface area contributed by atoms with Crippen LogP contribution in [0.3, 0.4) is 0 Å². The molecule has 0 spiro atoms. The van der Waals surface area contributed by atoms with Crippen LogP contribution in [0, 0.1) is 5.41 Å². The maximum absolute atomic E-state index is 12.6. The van der Waals surface area contributed by atoms with Gasteiger partial charge >= 0.3 is 0 Å². The predicted molar refractivity (Wildman–Crippen MR) is 119 cm³/mol. The number of carbonyl (C=O) groups excluding carboxylic acids is 2. The van der Waals surface area contributed by atoms with Crippen molar-refractivity contribution < 1.29 is 9.59 Å². The molecule has 154 valence electrons. The number of rotatable bonds is 7. The topological polar surface area (TPSA) is 97.1 Å². The molecule has 0 aliphatic rings. The van der Waals surface area contributed by atoms with E-state index in [9.17, 15) is 9.59 Å². The SMILES string of the molecule is CCC(CC)(CN)C(=O)Nc1cccc(C(=O)Nc2ccc(Cl)cn2)c1.Cl.Cl. The van der Waals surface area contributed by atoms with Gasteiger partial charge in [-0.3, -0.25) is 9.59 Å². The van der Waals surface area contributed by atoms with Gasteiger partial charge in [-0.1, -0.05) is 31.5 Å². The van der Waals surface area contributed by atoms with E-state index in [-0.39, 0.29) is 43.2 Å². The molecule has 0 saturated carbocycles. The quantitative estimate of drug-likeness (QED) is 0.580. The van der Waals surface area contributed by atoms with Gasteiger partial charge in [0.15, 0.2) is 0 Å². The Kier molecular flexibility index (Phi) is 11.1.